The third kappa shape index (κ3) is 34.1. The van der Waals surface area contributed by atoms with E-state index in [1.165, 1.54) is 25.7 Å². The fourth-order valence-electron chi connectivity index (χ4n) is 9.44. The molecule has 0 spiro atoms. The number of rotatable bonds is 19. The summed E-state index contributed by atoms with van der Waals surface area (Å²) in [6.07, 6.45) is 4.75. The van der Waals surface area contributed by atoms with Crippen LogP contribution in [-0.4, -0.2) is 199 Å². The summed E-state index contributed by atoms with van der Waals surface area (Å²) < 4.78 is 5.53. The van der Waals surface area contributed by atoms with Crippen molar-refractivity contribution in [2.75, 3.05) is 167 Å². The summed E-state index contributed by atoms with van der Waals surface area (Å²) in [6, 6.07) is 27.1. The molecule has 0 unspecified atom stereocenters. The van der Waals surface area contributed by atoms with Gasteiger partial charge in [-0.25, -0.2) is 0 Å². The minimum atomic E-state index is -0.0963. The van der Waals surface area contributed by atoms with Crippen LogP contribution in [0.3, 0.4) is 0 Å². The van der Waals surface area contributed by atoms with Crippen molar-refractivity contribution in [2.45, 2.75) is 67.2 Å². The van der Waals surface area contributed by atoms with Gasteiger partial charge in [-0.1, -0.05) is 123 Å². The van der Waals surface area contributed by atoms with Crippen molar-refractivity contribution in [3.63, 3.8) is 0 Å². The molecule has 6 N–H and O–H groups in total. The van der Waals surface area contributed by atoms with Crippen LogP contribution >= 0.6 is 104 Å². The number of ether oxygens (including phenoxy) is 1. The third-order valence-corrected chi connectivity index (χ3v) is 18.8. The first-order chi connectivity index (χ1) is 46.7. The van der Waals surface area contributed by atoms with E-state index in [4.69, 9.17) is 109 Å². The molecule has 0 atom stereocenters. The van der Waals surface area contributed by atoms with Gasteiger partial charge in [0.05, 0.1) is 32.7 Å². The molecule has 0 aliphatic carbocycles. The number of carbonyl (C=O) groups is 5. The maximum absolute atomic E-state index is 11.9. The van der Waals surface area contributed by atoms with Crippen LogP contribution in [0.2, 0.25) is 45.2 Å². The molecule has 18 nitrogen and oxygen atoms in total. The van der Waals surface area contributed by atoms with E-state index in [9.17, 15) is 24.0 Å². The van der Waals surface area contributed by atoms with E-state index in [0.717, 1.165) is 114 Å². The van der Waals surface area contributed by atoms with Crippen molar-refractivity contribution in [1.82, 2.24) is 34.7 Å². The predicted octanol–water partition coefficient (Wildman–Crippen LogP) is 15.7. The number of nitrogens with one attached hydrogen (secondary N) is 6. The Morgan fingerprint density at radius 2 is 0.657 bits per heavy atom. The van der Waals surface area contributed by atoms with Gasteiger partial charge in [-0.05, 0) is 242 Å². The number of amides is 5. The molecule has 542 valence electrons. The first kappa shape index (κ1) is 86.2. The second-order valence-electron chi connectivity index (χ2n) is 24.9. The molecule has 6 aromatic carbocycles. The predicted molar refractivity (Wildman–Crippen MR) is 417 cm³/mol. The van der Waals surface area contributed by atoms with Crippen molar-refractivity contribution in [1.29, 1.82) is 0 Å². The van der Waals surface area contributed by atoms with E-state index < -0.39 is 0 Å². The van der Waals surface area contributed by atoms with Gasteiger partial charge in [0.15, 0.2) is 0 Å². The average molecular weight is 1540 g/mol. The molecule has 27 heteroatoms. The molecule has 9 rings (SSSR count). The Balaban J connectivity index is 0.000000253. The zero-order valence-corrected chi connectivity index (χ0v) is 65.4. The highest BCUT2D eigenvalue weighted by atomic mass is 35.5. The molecule has 3 saturated heterocycles. The lowest BCUT2D eigenvalue weighted by Gasteiger charge is -2.26. The Morgan fingerprint density at radius 3 is 0.970 bits per heavy atom. The smallest absolute Gasteiger partial charge is 0.238 e. The van der Waals surface area contributed by atoms with E-state index in [1.807, 2.05) is 131 Å². The minimum Gasteiger partial charge on any atom is -0.492 e. The molecule has 6 aromatic rings. The van der Waals surface area contributed by atoms with Gasteiger partial charge in [0.25, 0.3) is 0 Å². The van der Waals surface area contributed by atoms with Crippen LogP contribution in [0.25, 0.3) is 0 Å². The van der Waals surface area contributed by atoms with Gasteiger partial charge in [-0.2, -0.15) is 0 Å². The fourth-order valence-corrected chi connectivity index (χ4v) is 11.4. The molecular formula is C72H95Cl9N12O6. The van der Waals surface area contributed by atoms with Crippen LogP contribution in [0.4, 0.5) is 28.4 Å². The lowest BCUT2D eigenvalue weighted by Crippen LogP contribution is -2.46. The number of carbonyl (C=O) groups excluding carboxylic acids is 5. The van der Waals surface area contributed by atoms with Crippen LogP contribution in [0, 0.1) is 41.5 Å². The minimum absolute atomic E-state index is 0.0205. The highest BCUT2D eigenvalue weighted by molar-refractivity contribution is 6.38. The molecule has 3 aliphatic heterocycles. The van der Waals surface area contributed by atoms with Gasteiger partial charge in [-0.15, -0.1) is 0 Å². The molecule has 3 heterocycles. The highest BCUT2D eigenvalue weighted by Crippen LogP contribution is 2.31. The first-order valence-electron chi connectivity index (χ1n) is 32.3. The van der Waals surface area contributed by atoms with Crippen LogP contribution in [0.15, 0.2) is 91.0 Å². The maximum Gasteiger partial charge on any atom is 0.238 e. The summed E-state index contributed by atoms with van der Waals surface area (Å²) in [7, 11) is 11.4. The van der Waals surface area contributed by atoms with E-state index in [1.54, 1.807) is 53.4 Å². The molecule has 0 radical (unpaired) electrons. The van der Waals surface area contributed by atoms with Gasteiger partial charge >= 0.3 is 0 Å². The van der Waals surface area contributed by atoms with Crippen LogP contribution in [0.1, 0.15) is 59.1 Å². The van der Waals surface area contributed by atoms with Crippen molar-refractivity contribution >= 4 is 162 Å². The Kier molecular flexibility index (Phi) is 39.2. The lowest BCUT2D eigenvalue weighted by molar-refractivity contribution is -0.118. The average Bonchev–Trinajstić information content (AvgIpc) is 1.15. The molecule has 3 fully saturated rings. The molecule has 0 bridgehead atoms. The Morgan fingerprint density at radius 1 is 0.374 bits per heavy atom. The van der Waals surface area contributed by atoms with Gasteiger partial charge in [0.2, 0.25) is 29.5 Å². The maximum atomic E-state index is 11.9. The van der Waals surface area contributed by atoms with Crippen molar-refractivity contribution in [3.05, 3.63) is 170 Å². The first-order valence-corrected chi connectivity index (χ1v) is 35.7. The molecule has 0 saturated carbocycles. The number of hydrogen-bond acceptors (Lipinski definition) is 13. The van der Waals surface area contributed by atoms with E-state index in [-0.39, 0.29) is 29.5 Å². The number of likely N-dealkylation sites (tertiary alicyclic amines) is 2. The van der Waals surface area contributed by atoms with E-state index >= 15 is 0 Å². The summed E-state index contributed by atoms with van der Waals surface area (Å²) in [5.41, 5.74) is 8.97. The summed E-state index contributed by atoms with van der Waals surface area (Å²) in [6.45, 7) is 22.7. The summed E-state index contributed by atoms with van der Waals surface area (Å²) >= 11 is 54.0. The number of aryl methyl sites for hydroxylation is 3. The quantitative estimate of drug-likeness (QED) is 0.0450. The zero-order chi connectivity index (χ0) is 73.5. The Hall–Kier alpha value is -5.20. The lowest BCUT2D eigenvalue weighted by atomic mass is 10.2. The number of likely N-dealkylation sites (N-methyl/N-ethyl adjacent to an activating group) is 3. The number of anilines is 5. The molecule has 0 aromatic heterocycles. The van der Waals surface area contributed by atoms with Gasteiger partial charge in [-0.3, -0.25) is 38.7 Å². The topological polar surface area (TPSA) is 186 Å². The molecular weight excluding hydrogens is 1450 g/mol. The van der Waals surface area contributed by atoms with Crippen LogP contribution in [0.5, 0.6) is 5.75 Å². The van der Waals surface area contributed by atoms with Crippen LogP contribution < -0.4 is 36.6 Å². The molecule has 99 heavy (non-hydrogen) atoms. The van der Waals surface area contributed by atoms with Gasteiger partial charge in [0.1, 0.15) is 12.4 Å². The highest BCUT2D eigenvalue weighted by Gasteiger charge is 2.19. The van der Waals surface area contributed by atoms with Crippen molar-refractivity contribution in [3.8, 4) is 5.75 Å². The number of benzene rings is 6. The normalized spacial score (nSPS) is 13.6. The monoisotopic (exact) mass is 1540 g/mol. The molecule has 5 amide bonds. The number of piperazine rings is 1. The second-order valence-corrected chi connectivity index (χ2v) is 28.6. The Bertz CT molecular complexity index is 3540. The third-order valence-electron chi connectivity index (χ3n) is 15.2. The Labute approximate surface area is 630 Å². The summed E-state index contributed by atoms with van der Waals surface area (Å²) in [5.74, 6) is 0.668. The van der Waals surface area contributed by atoms with Crippen molar-refractivity contribution < 1.29 is 28.7 Å². The van der Waals surface area contributed by atoms with E-state index in [0.29, 0.717) is 96.6 Å². The summed E-state index contributed by atoms with van der Waals surface area (Å²) in [4.78, 5) is 70.6. The van der Waals surface area contributed by atoms with Crippen molar-refractivity contribution in [2.24, 2.45) is 0 Å². The number of hydrogen-bond donors (Lipinski definition) is 6. The number of nitrogens with zero attached hydrogens (tertiary/aromatic N) is 6. The zero-order valence-electron chi connectivity index (χ0n) is 58.6. The largest absolute Gasteiger partial charge is 0.492 e. The standard InChI is InChI=1S/C13H17Cl2N3O.C13H16Cl2N2O.C13H17ClN2O.C11H14Cl2N2O.C11H15ClN2O.C11H16ClNO/c1-9-11(14)6-10(7-12(9)15)17-13(19)8-18-4-2-16-3-5-18;1-9-11(14)6-10(7-12(9)15)16-13(18)8-17-4-2-3-5-17;1-10-4-5-11(8-12(10)14)15-13(17)9-16-6-2-3-7-16;1-7-9(12)4-8(5-10(7)13)14-11(16)6-15(2)3;1-8-4-5-9(6-10(8)12)13-11(15)7-14(2)3;1-9-4-5-10(8-11(9)12)14-7-6-13(2)3/h6-7,16H,2-5,8H2,1H3,(H,17,19);6-7H,2-5,8H2,1H3,(H,16,18);4-5,8H,2-3,6-7,9H2,1H3,(H,15,17);4-5H,6H2,1-3H3,(H,14,16);4-6H,7H2,1-3H3,(H,13,15);4-5,8H,6-7H2,1-3H3. The SMILES string of the molecule is Cc1c(Cl)cc(NC(=O)CN(C)C)cc1Cl.Cc1c(Cl)cc(NC(=O)CN2CCCC2)cc1Cl.Cc1c(Cl)cc(NC(=O)CN2CCNCC2)cc1Cl.Cc1ccc(NC(=O)CN(C)C)cc1Cl.Cc1ccc(NC(=O)CN2CCCC2)cc1Cl.Cc1ccc(OCCN(C)C)cc1Cl. The van der Waals surface area contributed by atoms with E-state index in [2.05, 4.69) is 51.5 Å². The second kappa shape index (κ2) is 45.0. The van der Waals surface area contributed by atoms with Crippen LogP contribution in [-0.2, 0) is 24.0 Å². The number of halogens is 9. The fraction of sp³-hybridized carbons (Fsp3) is 0.431. The molecule has 3 aliphatic rings. The summed E-state index contributed by atoms with van der Waals surface area (Å²) in [5, 5.41) is 22.7. The van der Waals surface area contributed by atoms with Gasteiger partial charge < -0.3 is 51.3 Å². The van der Waals surface area contributed by atoms with Gasteiger partial charge in [0, 0.05) is 106 Å².